The molecule has 0 saturated heterocycles. The molecule has 0 atom stereocenters. The molecule has 0 aliphatic heterocycles. The molecule has 2 heteroatoms. The summed E-state index contributed by atoms with van der Waals surface area (Å²) < 4.78 is 4.82. The van der Waals surface area contributed by atoms with Crippen LogP contribution in [-0.4, -0.2) is 12.8 Å². The Labute approximate surface area is 55.3 Å². The topological polar surface area (TPSA) is 33.1 Å². The molecule has 1 N–H and O–H groups in total. The molecule has 2 nitrogen and oxygen atoms in total. The second kappa shape index (κ2) is 3.89. The van der Waals surface area contributed by atoms with Gasteiger partial charge in [0.2, 0.25) is 0 Å². The molecule has 0 unspecified atom stereocenters. The van der Waals surface area contributed by atoms with Crippen molar-refractivity contribution >= 4 is 5.71 Å². The summed E-state index contributed by atoms with van der Waals surface area (Å²) in [4.78, 5) is 0. The molecule has 0 aromatic rings. The summed E-state index contributed by atoms with van der Waals surface area (Å²) in [7, 11) is 1.54. The molecule has 0 saturated carbocycles. The van der Waals surface area contributed by atoms with Crippen molar-refractivity contribution in [1.29, 1.82) is 5.41 Å². The van der Waals surface area contributed by atoms with E-state index in [0.29, 0.717) is 11.5 Å². The van der Waals surface area contributed by atoms with Gasteiger partial charge in [0, 0.05) is 0 Å². The highest BCUT2D eigenvalue weighted by molar-refractivity contribution is 6.04. The SMILES string of the molecule is C=CC(=N)/C(=C\C)OC. The van der Waals surface area contributed by atoms with Gasteiger partial charge < -0.3 is 4.74 Å². The molecule has 0 fully saturated rings. The van der Waals surface area contributed by atoms with Crippen molar-refractivity contribution in [3.8, 4) is 0 Å². The van der Waals surface area contributed by atoms with Crippen molar-refractivity contribution in [3.63, 3.8) is 0 Å². The minimum atomic E-state index is 0.319. The summed E-state index contributed by atoms with van der Waals surface area (Å²) in [6, 6.07) is 0. The second-order valence-electron chi connectivity index (χ2n) is 1.47. The predicted octanol–water partition coefficient (Wildman–Crippen LogP) is 1.74. The first-order chi connectivity index (χ1) is 4.26. The average Bonchev–Trinajstić information content (AvgIpc) is 1.90. The van der Waals surface area contributed by atoms with E-state index in [0.717, 1.165) is 0 Å². The van der Waals surface area contributed by atoms with Gasteiger partial charge in [-0.05, 0) is 19.1 Å². The Morgan fingerprint density at radius 2 is 2.22 bits per heavy atom. The van der Waals surface area contributed by atoms with Gasteiger partial charge in [0.15, 0.2) is 0 Å². The van der Waals surface area contributed by atoms with Gasteiger partial charge in [-0.25, -0.2) is 0 Å². The highest BCUT2D eigenvalue weighted by Crippen LogP contribution is 1.96. The zero-order valence-electron chi connectivity index (χ0n) is 5.77. The fourth-order valence-electron chi connectivity index (χ4n) is 0.484. The van der Waals surface area contributed by atoms with Gasteiger partial charge in [0.05, 0.1) is 12.8 Å². The summed E-state index contributed by atoms with van der Waals surface area (Å²) >= 11 is 0. The third-order valence-corrected chi connectivity index (χ3v) is 0.952. The van der Waals surface area contributed by atoms with Crippen molar-refractivity contribution in [2.75, 3.05) is 7.11 Å². The average molecular weight is 125 g/mol. The van der Waals surface area contributed by atoms with Crippen LogP contribution >= 0.6 is 0 Å². The van der Waals surface area contributed by atoms with Crippen LogP contribution in [0.1, 0.15) is 6.92 Å². The molecular weight excluding hydrogens is 114 g/mol. The van der Waals surface area contributed by atoms with Crippen molar-refractivity contribution in [2.24, 2.45) is 0 Å². The number of nitrogens with one attached hydrogen (secondary N) is 1. The fraction of sp³-hybridized carbons (Fsp3) is 0.286. The van der Waals surface area contributed by atoms with E-state index in [2.05, 4.69) is 6.58 Å². The zero-order chi connectivity index (χ0) is 7.28. The molecule has 0 aromatic heterocycles. The monoisotopic (exact) mass is 125 g/mol. The second-order valence-corrected chi connectivity index (χ2v) is 1.47. The van der Waals surface area contributed by atoms with Crippen molar-refractivity contribution in [1.82, 2.24) is 0 Å². The Balaban J connectivity index is 4.13. The number of ether oxygens (including phenoxy) is 1. The summed E-state index contributed by atoms with van der Waals surface area (Å²) in [6.07, 6.45) is 3.17. The molecule has 0 aliphatic carbocycles. The van der Waals surface area contributed by atoms with Gasteiger partial charge in [-0.2, -0.15) is 0 Å². The third kappa shape index (κ3) is 2.13. The summed E-state index contributed by atoms with van der Waals surface area (Å²) in [6.45, 7) is 5.25. The van der Waals surface area contributed by atoms with Gasteiger partial charge in [-0.3, -0.25) is 5.41 Å². The minimum Gasteiger partial charge on any atom is -0.495 e. The maximum absolute atomic E-state index is 7.18. The van der Waals surface area contributed by atoms with Crippen molar-refractivity contribution in [2.45, 2.75) is 6.92 Å². The highest BCUT2D eigenvalue weighted by atomic mass is 16.5. The van der Waals surface area contributed by atoms with Gasteiger partial charge >= 0.3 is 0 Å². The Morgan fingerprint density at radius 1 is 1.67 bits per heavy atom. The first-order valence-corrected chi connectivity index (χ1v) is 2.68. The van der Waals surface area contributed by atoms with E-state index in [1.165, 1.54) is 13.2 Å². The van der Waals surface area contributed by atoms with Crippen LogP contribution in [0.2, 0.25) is 0 Å². The molecule has 0 aromatic carbocycles. The minimum absolute atomic E-state index is 0.319. The van der Waals surface area contributed by atoms with Gasteiger partial charge in [-0.1, -0.05) is 6.58 Å². The van der Waals surface area contributed by atoms with E-state index in [-0.39, 0.29) is 0 Å². The van der Waals surface area contributed by atoms with E-state index >= 15 is 0 Å². The number of allylic oxidation sites excluding steroid dienone is 2. The Hall–Kier alpha value is -1.05. The van der Waals surface area contributed by atoms with Gasteiger partial charge in [-0.15, -0.1) is 0 Å². The molecule has 0 radical (unpaired) electrons. The van der Waals surface area contributed by atoms with Gasteiger partial charge in [0.1, 0.15) is 5.76 Å². The molecule has 0 aliphatic rings. The largest absolute Gasteiger partial charge is 0.495 e. The van der Waals surface area contributed by atoms with E-state index < -0.39 is 0 Å². The van der Waals surface area contributed by atoms with Crippen LogP contribution < -0.4 is 0 Å². The lowest BCUT2D eigenvalue weighted by molar-refractivity contribution is 0.314. The normalized spacial score (nSPS) is 10.7. The Bertz CT molecular complexity index is 147. The molecule has 0 heterocycles. The lowest BCUT2D eigenvalue weighted by Crippen LogP contribution is -1.97. The van der Waals surface area contributed by atoms with Crippen LogP contribution in [0.25, 0.3) is 0 Å². The Kier molecular flexibility index (Phi) is 3.44. The quantitative estimate of drug-likeness (QED) is 0.452. The molecule has 0 spiro atoms. The van der Waals surface area contributed by atoms with Crippen LogP contribution in [0.15, 0.2) is 24.5 Å². The molecule has 0 bridgehead atoms. The number of hydrogen-bond donors (Lipinski definition) is 1. The first-order valence-electron chi connectivity index (χ1n) is 2.68. The maximum Gasteiger partial charge on any atom is 0.139 e. The standard InChI is InChI=1S/C7H11NO/c1-4-6(8)7(5-2)9-3/h4-5,8H,1H2,2-3H3/b7-5+,8-6?. The van der Waals surface area contributed by atoms with E-state index in [9.17, 15) is 0 Å². The lowest BCUT2D eigenvalue weighted by atomic mass is 10.3. The van der Waals surface area contributed by atoms with Crippen molar-refractivity contribution in [3.05, 3.63) is 24.5 Å². The third-order valence-electron chi connectivity index (χ3n) is 0.952. The first kappa shape index (κ1) is 7.95. The zero-order valence-corrected chi connectivity index (χ0v) is 5.77. The summed E-state index contributed by atoms with van der Waals surface area (Å²) in [5, 5.41) is 7.18. The van der Waals surface area contributed by atoms with E-state index in [4.69, 9.17) is 10.1 Å². The number of methoxy groups -OCH3 is 1. The highest BCUT2D eigenvalue weighted by Gasteiger charge is 1.95. The van der Waals surface area contributed by atoms with Crippen LogP contribution in [0, 0.1) is 5.41 Å². The Morgan fingerprint density at radius 3 is 2.33 bits per heavy atom. The molecule has 50 valence electrons. The van der Waals surface area contributed by atoms with Crippen LogP contribution in [-0.2, 0) is 4.74 Å². The fourth-order valence-corrected chi connectivity index (χ4v) is 0.484. The number of rotatable bonds is 3. The maximum atomic E-state index is 7.18. The van der Waals surface area contributed by atoms with Crippen LogP contribution in [0.5, 0.6) is 0 Å². The summed E-state index contributed by atoms with van der Waals surface area (Å²) in [5.74, 6) is 0.560. The van der Waals surface area contributed by atoms with E-state index in [1.807, 2.05) is 6.92 Å². The molecule has 9 heavy (non-hydrogen) atoms. The van der Waals surface area contributed by atoms with Crippen LogP contribution in [0.3, 0.4) is 0 Å². The smallest absolute Gasteiger partial charge is 0.139 e. The van der Waals surface area contributed by atoms with Crippen LogP contribution in [0.4, 0.5) is 0 Å². The molecular formula is C7H11NO. The predicted molar refractivity (Wildman–Crippen MR) is 38.7 cm³/mol. The summed E-state index contributed by atoms with van der Waals surface area (Å²) in [5.41, 5.74) is 0.319. The van der Waals surface area contributed by atoms with Crippen molar-refractivity contribution < 1.29 is 4.74 Å². The number of hydrogen-bond acceptors (Lipinski definition) is 2. The lowest BCUT2D eigenvalue weighted by Gasteiger charge is -2.00. The van der Waals surface area contributed by atoms with E-state index in [1.54, 1.807) is 6.08 Å². The molecule has 0 rings (SSSR count). The van der Waals surface area contributed by atoms with Gasteiger partial charge in [0.25, 0.3) is 0 Å². The molecule has 0 amide bonds.